The van der Waals surface area contributed by atoms with Crippen LogP contribution >= 0.6 is 0 Å². The number of rotatable bonds is 5. The number of hydrogen-bond donors (Lipinski definition) is 4. The van der Waals surface area contributed by atoms with Crippen LogP contribution in [-0.2, 0) is 0 Å². The van der Waals surface area contributed by atoms with E-state index in [4.69, 9.17) is 0 Å². The summed E-state index contributed by atoms with van der Waals surface area (Å²) >= 11 is 0. The zero-order valence-corrected chi connectivity index (χ0v) is 21.0. The van der Waals surface area contributed by atoms with E-state index in [-0.39, 0.29) is 33.1 Å². The normalized spacial score (nSPS) is 12.9. The summed E-state index contributed by atoms with van der Waals surface area (Å²) in [4.78, 5) is 56.9. The predicted octanol–water partition coefficient (Wildman–Crippen LogP) is 0.768. The molecule has 16 heteroatoms. The molecule has 42 heavy (non-hydrogen) atoms. The topological polar surface area (TPSA) is 236 Å². The second-order valence-electron chi connectivity index (χ2n) is 9.12. The molecule has 5 aromatic rings. The molecule has 6 rings (SSSR count). The van der Waals surface area contributed by atoms with Gasteiger partial charge in [0.05, 0.1) is 25.0 Å². The molecule has 5 heterocycles. The van der Waals surface area contributed by atoms with Gasteiger partial charge < -0.3 is 19.9 Å². The molecule has 0 aliphatic carbocycles. The molecule has 0 fully saturated rings. The first kappa shape index (κ1) is 25.7. The van der Waals surface area contributed by atoms with Gasteiger partial charge >= 0.3 is 22.8 Å². The fraction of sp³-hybridized carbons (Fsp3) is 0. The van der Waals surface area contributed by atoms with Gasteiger partial charge in [-0.3, -0.25) is 40.5 Å². The molecule has 0 saturated heterocycles. The number of nitrogens with one attached hydrogen (secondary N) is 4. The Bertz CT molecular complexity index is 2220. The van der Waals surface area contributed by atoms with E-state index in [0.717, 1.165) is 6.07 Å². The second kappa shape index (κ2) is 9.56. The van der Waals surface area contributed by atoms with Gasteiger partial charge in [-0.05, 0) is 42.0 Å². The van der Waals surface area contributed by atoms with Crippen molar-refractivity contribution in [1.29, 1.82) is 0 Å². The molecule has 1 aliphatic rings. The van der Waals surface area contributed by atoms with Crippen LogP contribution in [0.1, 0.15) is 28.3 Å². The van der Waals surface area contributed by atoms with E-state index in [2.05, 4.69) is 19.9 Å². The molecule has 0 spiro atoms. The van der Waals surface area contributed by atoms with Crippen LogP contribution in [0.25, 0.3) is 22.7 Å². The molecule has 0 atom stereocenters. The number of H-pyrrole nitrogens is 4. The molecule has 1 aliphatic heterocycles. The molecule has 0 amide bonds. The lowest BCUT2D eigenvalue weighted by Gasteiger charge is -2.05. The van der Waals surface area contributed by atoms with Gasteiger partial charge in [0.15, 0.2) is 5.35 Å². The lowest BCUT2D eigenvalue weighted by Crippen LogP contribution is -2.23. The monoisotopic (exact) mass is 568 g/mol. The van der Waals surface area contributed by atoms with Gasteiger partial charge in [-0.15, -0.1) is 0 Å². The molecule has 208 valence electrons. The van der Waals surface area contributed by atoms with Crippen molar-refractivity contribution in [2.75, 3.05) is 0 Å². The van der Waals surface area contributed by atoms with Gasteiger partial charge in [0.25, 0.3) is 0 Å². The van der Waals surface area contributed by atoms with Crippen LogP contribution in [0.4, 0.5) is 5.69 Å². The number of nitrogens with zero attached hydrogens (tertiary/aromatic N) is 4. The number of aromatic nitrogens is 4. The van der Waals surface area contributed by atoms with Crippen LogP contribution in [0.3, 0.4) is 0 Å². The van der Waals surface area contributed by atoms with Crippen LogP contribution in [-0.4, -0.2) is 39.6 Å². The Morgan fingerprint density at radius 1 is 0.476 bits per heavy atom. The Hall–Kier alpha value is -6.58. The summed E-state index contributed by atoms with van der Waals surface area (Å²) < 4.78 is 0. The maximum absolute atomic E-state index is 12.3. The number of hydrogen-bond acceptors (Lipinski definition) is 8. The highest BCUT2D eigenvalue weighted by Crippen LogP contribution is 2.24. The minimum atomic E-state index is -0.826. The van der Waals surface area contributed by atoms with Gasteiger partial charge in [0.2, 0.25) is 0 Å². The van der Waals surface area contributed by atoms with Crippen molar-refractivity contribution in [3.05, 3.63) is 163 Å². The second-order valence-corrected chi connectivity index (χ2v) is 9.12. The molecule has 1 aromatic carbocycles. The number of fused-ring (bicyclic) bond motifs is 8. The molecule has 0 unspecified atom stereocenters. The summed E-state index contributed by atoms with van der Waals surface area (Å²) in [6.45, 7) is 0. The van der Waals surface area contributed by atoms with Gasteiger partial charge in [-0.25, -0.2) is 0 Å². The minimum Gasteiger partial charge on any atom is -0.349 e. The van der Waals surface area contributed by atoms with Crippen LogP contribution in [0, 0.1) is 40.5 Å². The van der Waals surface area contributed by atoms with E-state index in [0.29, 0.717) is 16.8 Å². The van der Waals surface area contributed by atoms with Gasteiger partial charge in [-0.2, -0.15) is 0 Å². The minimum absolute atomic E-state index is 0.0348. The molecule has 4 aromatic heterocycles. The average molecular weight is 568 g/mol. The Labute approximate surface area is 231 Å². The van der Waals surface area contributed by atoms with Crippen LogP contribution < -0.4 is 21.4 Å². The van der Waals surface area contributed by atoms with E-state index in [9.17, 15) is 40.5 Å². The summed E-state index contributed by atoms with van der Waals surface area (Å²) in [5, 5.41) is 48.3. The first-order valence-corrected chi connectivity index (χ1v) is 12.1. The summed E-state index contributed by atoms with van der Waals surface area (Å²) in [6.07, 6.45) is 0. The maximum atomic E-state index is 12.3. The van der Waals surface area contributed by atoms with Gasteiger partial charge in [-0.1, -0.05) is 30.3 Å². The largest absolute Gasteiger partial charge is 0.349 e. The summed E-state index contributed by atoms with van der Waals surface area (Å²) in [6, 6.07) is 17.7. The van der Waals surface area contributed by atoms with Crippen molar-refractivity contribution in [2.24, 2.45) is 0 Å². The van der Waals surface area contributed by atoms with Crippen molar-refractivity contribution in [3.8, 4) is 0 Å². The van der Waals surface area contributed by atoms with E-state index < -0.39 is 47.8 Å². The average Bonchev–Trinajstić information content (AvgIpc) is 3.74. The highest BCUT2D eigenvalue weighted by Gasteiger charge is 2.29. The molecule has 0 saturated carbocycles. The van der Waals surface area contributed by atoms with Crippen molar-refractivity contribution >= 4 is 28.4 Å². The highest BCUT2D eigenvalue weighted by atomic mass is 16.6. The molecule has 0 radical (unpaired) electrons. The lowest BCUT2D eigenvalue weighted by atomic mass is 10.0. The first-order valence-electron chi connectivity index (χ1n) is 12.1. The third kappa shape index (κ3) is 4.11. The maximum Gasteiger partial charge on any atom is 0.323 e. The Morgan fingerprint density at radius 3 is 1.50 bits per heavy atom. The molecule has 4 N–H and O–H groups in total. The molecular weight excluding hydrogens is 552 g/mol. The SMILES string of the molecule is O=[N+]([O-])C1=c2ccc([nH]2)=C([N+](=O)[O-])c2ccc([nH]2)C([N+](=O)[O-])=c2[nH]c(cc2[N+](=O)[O-])=C(c2ccccc2)c2ccc1[nH]2. The Balaban J connectivity index is 1.86. The van der Waals surface area contributed by atoms with Gasteiger partial charge in [0, 0.05) is 17.3 Å². The number of benzene rings is 1. The van der Waals surface area contributed by atoms with Gasteiger partial charge in [0.1, 0.15) is 27.8 Å². The Kier molecular flexibility index (Phi) is 5.85. The zero-order valence-electron chi connectivity index (χ0n) is 21.0. The first-order chi connectivity index (χ1) is 20.1. The zero-order chi connectivity index (χ0) is 29.7. The molecule has 8 bridgehead atoms. The third-order valence-electron chi connectivity index (χ3n) is 6.71. The smallest absolute Gasteiger partial charge is 0.323 e. The van der Waals surface area contributed by atoms with Crippen LogP contribution in [0.15, 0.2) is 72.8 Å². The fourth-order valence-corrected chi connectivity index (χ4v) is 4.99. The quantitative estimate of drug-likeness (QED) is 0.174. The van der Waals surface area contributed by atoms with E-state index in [1.54, 1.807) is 30.3 Å². The third-order valence-corrected chi connectivity index (χ3v) is 6.71. The fourth-order valence-electron chi connectivity index (χ4n) is 4.99. The number of nitro groups is 4. The summed E-state index contributed by atoms with van der Waals surface area (Å²) in [5.41, 5.74) is -1.50. The summed E-state index contributed by atoms with van der Waals surface area (Å²) in [7, 11) is 0. The van der Waals surface area contributed by atoms with E-state index in [1.807, 2.05) is 0 Å². The number of aromatic amines is 4. The van der Waals surface area contributed by atoms with Crippen LogP contribution in [0.2, 0.25) is 0 Å². The summed E-state index contributed by atoms with van der Waals surface area (Å²) in [5.74, 6) is 0. The van der Waals surface area contributed by atoms with Crippen molar-refractivity contribution in [3.63, 3.8) is 0 Å². The highest BCUT2D eigenvalue weighted by molar-refractivity contribution is 5.79. The standard InChI is InChI=1S/C26H16N8O8/c35-31(36)21-12-20-22(13-4-2-1-3-5-13)14-6-7-15(27-14)24(32(37)38)16-8-9-17(28-16)25(33(39)40)18-10-11-19(29-18)26(34(41)42)23(21)30-20/h1-12,27-30H. The Morgan fingerprint density at radius 2 is 0.976 bits per heavy atom. The van der Waals surface area contributed by atoms with Crippen molar-refractivity contribution < 1.29 is 19.7 Å². The molecule has 16 nitrogen and oxygen atoms in total. The molecular formula is C26H16N8O8. The van der Waals surface area contributed by atoms with Crippen molar-refractivity contribution in [1.82, 2.24) is 19.9 Å². The van der Waals surface area contributed by atoms with E-state index >= 15 is 0 Å². The predicted molar refractivity (Wildman–Crippen MR) is 145 cm³/mol. The lowest BCUT2D eigenvalue weighted by molar-refractivity contribution is -0.390. The van der Waals surface area contributed by atoms with Crippen molar-refractivity contribution in [2.45, 2.75) is 0 Å². The van der Waals surface area contributed by atoms with E-state index in [1.165, 1.54) is 36.4 Å². The van der Waals surface area contributed by atoms with Crippen LogP contribution in [0.5, 0.6) is 0 Å².